The first-order valence-corrected chi connectivity index (χ1v) is 8.74. The average Bonchev–Trinajstić information content (AvgIpc) is 2.75. The number of nitrogens with one attached hydrogen (secondary N) is 2. The van der Waals surface area contributed by atoms with Gasteiger partial charge in [-0.15, -0.1) is 6.58 Å². The summed E-state index contributed by atoms with van der Waals surface area (Å²) in [6.45, 7) is 2.71. The predicted molar refractivity (Wildman–Crippen MR) is 105 cm³/mol. The van der Waals surface area contributed by atoms with Crippen LogP contribution in [0.3, 0.4) is 0 Å². The SMILES string of the molecule is C=CCc1ccc(OCC(=O)OCC(=O)NNC(=O)c2ccccc2)c(OC)c1. The molecular weight excluding hydrogens is 376 g/mol. The Bertz CT molecular complexity index is 867. The van der Waals surface area contributed by atoms with Crippen LogP contribution in [0.1, 0.15) is 15.9 Å². The van der Waals surface area contributed by atoms with Crippen LogP contribution in [0.5, 0.6) is 11.5 Å². The van der Waals surface area contributed by atoms with Crippen LogP contribution in [0.25, 0.3) is 0 Å². The lowest BCUT2D eigenvalue weighted by Crippen LogP contribution is -2.43. The summed E-state index contributed by atoms with van der Waals surface area (Å²) < 4.78 is 15.4. The van der Waals surface area contributed by atoms with Gasteiger partial charge in [0.15, 0.2) is 24.7 Å². The molecule has 8 heteroatoms. The molecule has 0 saturated carbocycles. The minimum absolute atomic E-state index is 0.372. The van der Waals surface area contributed by atoms with E-state index in [-0.39, 0.29) is 0 Å². The Morgan fingerprint density at radius 2 is 1.76 bits per heavy atom. The highest BCUT2D eigenvalue weighted by atomic mass is 16.6. The van der Waals surface area contributed by atoms with Crippen LogP contribution in [0.2, 0.25) is 0 Å². The molecule has 0 heterocycles. The second kappa shape index (κ2) is 11.1. The van der Waals surface area contributed by atoms with Crippen molar-refractivity contribution in [2.24, 2.45) is 0 Å². The molecular formula is C21H22N2O6. The third-order valence-corrected chi connectivity index (χ3v) is 3.67. The Hall–Kier alpha value is -3.81. The molecule has 152 valence electrons. The van der Waals surface area contributed by atoms with Gasteiger partial charge in [0.05, 0.1) is 7.11 Å². The lowest BCUT2D eigenvalue weighted by atomic mass is 10.1. The van der Waals surface area contributed by atoms with Crippen molar-refractivity contribution >= 4 is 17.8 Å². The van der Waals surface area contributed by atoms with E-state index in [4.69, 9.17) is 14.2 Å². The maximum absolute atomic E-state index is 11.8. The van der Waals surface area contributed by atoms with Gasteiger partial charge < -0.3 is 14.2 Å². The van der Waals surface area contributed by atoms with Gasteiger partial charge in [0, 0.05) is 5.56 Å². The fourth-order valence-electron chi connectivity index (χ4n) is 2.27. The molecule has 29 heavy (non-hydrogen) atoms. The van der Waals surface area contributed by atoms with Gasteiger partial charge in [-0.25, -0.2) is 4.79 Å². The monoisotopic (exact) mass is 398 g/mol. The maximum atomic E-state index is 11.8. The van der Waals surface area contributed by atoms with Crippen LogP contribution in [0, 0.1) is 0 Å². The van der Waals surface area contributed by atoms with Gasteiger partial charge in [0.25, 0.3) is 11.8 Å². The van der Waals surface area contributed by atoms with E-state index in [2.05, 4.69) is 17.4 Å². The first-order valence-electron chi connectivity index (χ1n) is 8.74. The number of amides is 2. The molecule has 0 aliphatic rings. The van der Waals surface area contributed by atoms with Crippen molar-refractivity contribution in [2.45, 2.75) is 6.42 Å². The van der Waals surface area contributed by atoms with E-state index in [9.17, 15) is 14.4 Å². The van der Waals surface area contributed by atoms with Gasteiger partial charge in [0.1, 0.15) is 0 Å². The number of hydrazine groups is 1. The van der Waals surface area contributed by atoms with Gasteiger partial charge in [-0.2, -0.15) is 0 Å². The minimum Gasteiger partial charge on any atom is -0.493 e. The number of allylic oxidation sites excluding steroid dienone is 1. The summed E-state index contributed by atoms with van der Waals surface area (Å²) in [6.07, 6.45) is 2.44. The molecule has 0 aliphatic carbocycles. The van der Waals surface area contributed by atoms with Gasteiger partial charge in [-0.3, -0.25) is 20.4 Å². The highest BCUT2D eigenvalue weighted by molar-refractivity contribution is 5.95. The Morgan fingerprint density at radius 1 is 1.00 bits per heavy atom. The van der Waals surface area contributed by atoms with Crippen molar-refractivity contribution in [3.63, 3.8) is 0 Å². The molecule has 2 N–H and O–H groups in total. The Labute approximate surface area is 168 Å². The molecule has 0 saturated heterocycles. The molecule has 0 fully saturated rings. The zero-order chi connectivity index (χ0) is 21.1. The van der Waals surface area contributed by atoms with Crippen LogP contribution >= 0.6 is 0 Å². The number of esters is 1. The molecule has 2 aromatic carbocycles. The van der Waals surface area contributed by atoms with E-state index < -0.39 is 31.0 Å². The Kier molecular flexibility index (Phi) is 8.25. The maximum Gasteiger partial charge on any atom is 0.344 e. The summed E-state index contributed by atoms with van der Waals surface area (Å²) in [6, 6.07) is 13.6. The number of methoxy groups -OCH3 is 1. The van der Waals surface area contributed by atoms with Crippen molar-refractivity contribution in [1.82, 2.24) is 10.9 Å². The summed E-state index contributed by atoms with van der Waals surface area (Å²) in [5.74, 6) is -1.07. The number of rotatable bonds is 9. The first-order chi connectivity index (χ1) is 14.0. The van der Waals surface area contributed by atoms with E-state index >= 15 is 0 Å². The normalized spacial score (nSPS) is 9.83. The molecule has 0 bridgehead atoms. The highest BCUT2D eigenvalue weighted by Crippen LogP contribution is 2.28. The molecule has 2 amide bonds. The molecule has 0 aromatic heterocycles. The largest absolute Gasteiger partial charge is 0.493 e. The molecule has 2 aromatic rings. The van der Waals surface area contributed by atoms with Gasteiger partial charge in [-0.05, 0) is 36.2 Å². The van der Waals surface area contributed by atoms with Gasteiger partial charge >= 0.3 is 5.97 Å². The number of ether oxygens (including phenoxy) is 3. The number of benzene rings is 2. The summed E-state index contributed by atoms with van der Waals surface area (Å²) in [5.41, 5.74) is 5.76. The second-order valence-electron chi connectivity index (χ2n) is 5.80. The van der Waals surface area contributed by atoms with Crippen molar-refractivity contribution in [2.75, 3.05) is 20.3 Å². The van der Waals surface area contributed by atoms with Crippen molar-refractivity contribution in [1.29, 1.82) is 0 Å². The average molecular weight is 398 g/mol. The Balaban J connectivity index is 1.73. The molecule has 0 unspecified atom stereocenters. The van der Waals surface area contributed by atoms with Gasteiger partial charge in [0.2, 0.25) is 0 Å². The summed E-state index contributed by atoms with van der Waals surface area (Å²) in [4.78, 5) is 35.3. The van der Waals surface area contributed by atoms with E-state index in [0.717, 1.165) is 5.56 Å². The topological polar surface area (TPSA) is 103 Å². The third kappa shape index (κ3) is 7.02. The van der Waals surface area contributed by atoms with Crippen LogP contribution in [-0.2, 0) is 20.7 Å². The lowest BCUT2D eigenvalue weighted by molar-refractivity contribution is -0.150. The van der Waals surface area contributed by atoms with Crippen LogP contribution in [-0.4, -0.2) is 38.1 Å². The smallest absolute Gasteiger partial charge is 0.344 e. The quantitative estimate of drug-likeness (QED) is 0.379. The zero-order valence-corrected chi connectivity index (χ0v) is 16.0. The zero-order valence-electron chi connectivity index (χ0n) is 16.0. The Morgan fingerprint density at radius 3 is 2.45 bits per heavy atom. The number of hydrogen-bond acceptors (Lipinski definition) is 6. The minimum atomic E-state index is -0.744. The highest BCUT2D eigenvalue weighted by Gasteiger charge is 2.12. The molecule has 0 radical (unpaired) electrons. The number of hydrogen-bond donors (Lipinski definition) is 2. The lowest BCUT2D eigenvalue weighted by Gasteiger charge is -2.12. The fourth-order valence-corrected chi connectivity index (χ4v) is 2.27. The number of carbonyl (C=O) groups excluding carboxylic acids is 3. The second-order valence-corrected chi connectivity index (χ2v) is 5.80. The fraction of sp³-hybridized carbons (Fsp3) is 0.190. The summed E-state index contributed by atoms with van der Waals surface area (Å²) in [7, 11) is 1.49. The predicted octanol–water partition coefficient (Wildman–Crippen LogP) is 1.81. The molecule has 8 nitrogen and oxygen atoms in total. The van der Waals surface area contributed by atoms with E-state index in [1.165, 1.54) is 7.11 Å². The van der Waals surface area contributed by atoms with Crippen molar-refractivity contribution in [3.8, 4) is 11.5 Å². The van der Waals surface area contributed by atoms with E-state index in [1.807, 2.05) is 6.07 Å². The molecule has 0 atom stereocenters. The molecule has 2 rings (SSSR count). The first kappa shape index (κ1) is 21.5. The van der Waals surface area contributed by atoms with Crippen LogP contribution < -0.4 is 20.3 Å². The number of carbonyl (C=O) groups is 3. The van der Waals surface area contributed by atoms with Crippen LogP contribution in [0.15, 0.2) is 61.2 Å². The third-order valence-electron chi connectivity index (χ3n) is 3.67. The van der Waals surface area contributed by atoms with Crippen molar-refractivity contribution < 1.29 is 28.6 Å². The van der Waals surface area contributed by atoms with Crippen molar-refractivity contribution in [3.05, 3.63) is 72.3 Å². The van der Waals surface area contributed by atoms with E-state index in [1.54, 1.807) is 48.5 Å². The molecule has 0 spiro atoms. The van der Waals surface area contributed by atoms with E-state index in [0.29, 0.717) is 23.5 Å². The van der Waals surface area contributed by atoms with Crippen LogP contribution in [0.4, 0.5) is 0 Å². The summed E-state index contributed by atoms with van der Waals surface area (Å²) in [5, 5.41) is 0. The standard InChI is InChI=1S/C21H22N2O6/c1-3-7-15-10-11-17(18(12-15)27-2)28-14-20(25)29-13-19(24)22-23-21(26)16-8-5-4-6-9-16/h3-6,8-12H,1,7,13-14H2,2H3,(H,22,24)(H,23,26). The summed E-state index contributed by atoms with van der Waals surface area (Å²) >= 11 is 0. The molecule has 0 aliphatic heterocycles. The van der Waals surface area contributed by atoms with Gasteiger partial charge in [-0.1, -0.05) is 30.3 Å².